The highest BCUT2D eigenvalue weighted by Gasteiger charge is 2.34. The van der Waals surface area contributed by atoms with Gasteiger partial charge in [-0.3, -0.25) is 0 Å². The zero-order chi connectivity index (χ0) is 13.2. The molecule has 2 aromatic rings. The average Bonchev–Trinajstić information content (AvgIpc) is 2.71. The first-order valence-electron chi connectivity index (χ1n) is 5.23. The number of halogens is 3. The van der Waals surface area contributed by atoms with E-state index in [9.17, 15) is 13.2 Å². The van der Waals surface area contributed by atoms with Crippen LogP contribution in [0.2, 0.25) is 0 Å². The van der Waals surface area contributed by atoms with E-state index in [-0.39, 0.29) is 12.4 Å². The van der Waals surface area contributed by atoms with Gasteiger partial charge in [-0.1, -0.05) is 12.1 Å². The molecule has 0 aliphatic carbocycles. The number of para-hydroxylation sites is 1. The van der Waals surface area contributed by atoms with Gasteiger partial charge in [-0.2, -0.15) is 13.2 Å². The van der Waals surface area contributed by atoms with Crippen LogP contribution in [0, 0.1) is 0 Å². The van der Waals surface area contributed by atoms with Crippen molar-refractivity contribution in [1.82, 2.24) is 9.55 Å². The number of imidazole rings is 1. The van der Waals surface area contributed by atoms with E-state index in [0.717, 1.165) is 6.07 Å². The van der Waals surface area contributed by atoms with E-state index in [1.165, 1.54) is 18.2 Å². The van der Waals surface area contributed by atoms with E-state index < -0.39 is 11.7 Å². The standard InChI is InChI=1S/C12H11F3N2O/c1-17-7-6-16-11(17)8-18-10-5-3-2-4-9(10)12(13,14)15/h2-7H,8H2,1H3. The van der Waals surface area contributed by atoms with Crippen molar-refractivity contribution in [3.8, 4) is 5.75 Å². The lowest BCUT2D eigenvalue weighted by molar-refractivity contribution is -0.139. The third-order valence-electron chi connectivity index (χ3n) is 2.47. The third kappa shape index (κ3) is 2.64. The van der Waals surface area contributed by atoms with Crippen LogP contribution in [0.5, 0.6) is 5.75 Å². The quantitative estimate of drug-likeness (QED) is 0.844. The summed E-state index contributed by atoms with van der Waals surface area (Å²) in [6.45, 7) is -0.00338. The lowest BCUT2D eigenvalue weighted by Crippen LogP contribution is -2.10. The molecule has 3 nitrogen and oxygen atoms in total. The highest BCUT2D eigenvalue weighted by Crippen LogP contribution is 2.36. The Kier molecular flexibility index (Phi) is 3.27. The second-order valence-corrected chi connectivity index (χ2v) is 3.74. The van der Waals surface area contributed by atoms with Gasteiger partial charge in [-0.25, -0.2) is 4.98 Å². The minimum absolute atomic E-state index is 0.00338. The summed E-state index contributed by atoms with van der Waals surface area (Å²) in [5.74, 6) is 0.375. The number of rotatable bonds is 3. The fourth-order valence-corrected chi connectivity index (χ4v) is 1.50. The smallest absolute Gasteiger partial charge is 0.419 e. The Morgan fingerprint density at radius 3 is 2.61 bits per heavy atom. The number of aryl methyl sites for hydroxylation is 1. The van der Waals surface area contributed by atoms with Gasteiger partial charge < -0.3 is 9.30 Å². The van der Waals surface area contributed by atoms with Crippen LogP contribution in [-0.2, 0) is 19.8 Å². The van der Waals surface area contributed by atoms with Crippen molar-refractivity contribution in [3.63, 3.8) is 0 Å². The summed E-state index contributed by atoms with van der Waals surface area (Å²) in [7, 11) is 1.75. The van der Waals surface area contributed by atoms with Crippen LogP contribution < -0.4 is 4.74 Å². The molecule has 0 saturated carbocycles. The average molecular weight is 256 g/mol. The van der Waals surface area contributed by atoms with Gasteiger partial charge in [0, 0.05) is 19.4 Å². The summed E-state index contributed by atoms with van der Waals surface area (Å²) in [5, 5.41) is 0. The summed E-state index contributed by atoms with van der Waals surface area (Å²) < 4.78 is 45.0. The number of hydrogen-bond acceptors (Lipinski definition) is 2. The Labute approximate surface area is 102 Å². The van der Waals surface area contributed by atoms with Gasteiger partial charge in [0.1, 0.15) is 18.2 Å². The molecular formula is C12H11F3N2O. The molecular weight excluding hydrogens is 245 g/mol. The minimum Gasteiger partial charge on any atom is -0.485 e. The molecule has 0 bridgehead atoms. The summed E-state index contributed by atoms with van der Waals surface area (Å²) >= 11 is 0. The predicted molar refractivity (Wildman–Crippen MR) is 59.0 cm³/mol. The van der Waals surface area contributed by atoms with Gasteiger partial charge in [0.2, 0.25) is 0 Å². The molecule has 2 rings (SSSR count). The molecule has 6 heteroatoms. The monoisotopic (exact) mass is 256 g/mol. The van der Waals surface area contributed by atoms with Crippen LogP contribution >= 0.6 is 0 Å². The maximum atomic E-state index is 12.7. The van der Waals surface area contributed by atoms with Crippen molar-refractivity contribution in [2.45, 2.75) is 12.8 Å². The highest BCUT2D eigenvalue weighted by atomic mass is 19.4. The molecule has 1 aromatic heterocycles. The minimum atomic E-state index is -4.42. The molecule has 0 saturated heterocycles. The van der Waals surface area contributed by atoms with E-state index >= 15 is 0 Å². The maximum Gasteiger partial charge on any atom is 0.419 e. The number of alkyl halides is 3. The van der Waals surface area contributed by atoms with Crippen molar-refractivity contribution < 1.29 is 17.9 Å². The topological polar surface area (TPSA) is 27.1 Å². The summed E-state index contributed by atoms with van der Waals surface area (Å²) in [5.41, 5.74) is -0.779. The van der Waals surface area contributed by atoms with E-state index in [0.29, 0.717) is 5.82 Å². The largest absolute Gasteiger partial charge is 0.485 e. The number of benzene rings is 1. The molecule has 96 valence electrons. The highest BCUT2D eigenvalue weighted by molar-refractivity contribution is 5.35. The van der Waals surface area contributed by atoms with E-state index in [1.54, 1.807) is 24.0 Å². The van der Waals surface area contributed by atoms with Gasteiger partial charge in [-0.05, 0) is 12.1 Å². The van der Waals surface area contributed by atoms with Gasteiger partial charge in [0.05, 0.1) is 5.56 Å². The molecule has 1 aromatic carbocycles. The Bertz CT molecular complexity index is 534. The Balaban J connectivity index is 2.17. The molecule has 0 atom stereocenters. The van der Waals surface area contributed by atoms with Crippen molar-refractivity contribution in [3.05, 3.63) is 48.0 Å². The number of aromatic nitrogens is 2. The first kappa shape index (κ1) is 12.5. The first-order chi connectivity index (χ1) is 8.48. The first-order valence-corrected chi connectivity index (χ1v) is 5.23. The number of hydrogen-bond donors (Lipinski definition) is 0. The van der Waals surface area contributed by atoms with Crippen molar-refractivity contribution in [2.24, 2.45) is 7.05 Å². The molecule has 0 radical (unpaired) electrons. The zero-order valence-corrected chi connectivity index (χ0v) is 9.61. The molecule has 1 heterocycles. The second-order valence-electron chi connectivity index (χ2n) is 3.74. The van der Waals surface area contributed by atoms with Crippen LogP contribution in [0.25, 0.3) is 0 Å². The van der Waals surface area contributed by atoms with Crippen LogP contribution in [0.3, 0.4) is 0 Å². The Morgan fingerprint density at radius 2 is 2.00 bits per heavy atom. The molecule has 0 aliphatic heterocycles. The molecule has 0 unspecified atom stereocenters. The maximum absolute atomic E-state index is 12.7. The molecule has 0 fully saturated rings. The molecule has 0 amide bonds. The number of ether oxygens (including phenoxy) is 1. The van der Waals surface area contributed by atoms with Gasteiger partial charge >= 0.3 is 6.18 Å². The number of nitrogens with zero attached hydrogens (tertiary/aromatic N) is 2. The normalized spacial score (nSPS) is 11.6. The molecule has 18 heavy (non-hydrogen) atoms. The van der Waals surface area contributed by atoms with Gasteiger partial charge in [0.15, 0.2) is 0 Å². The molecule has 0 N–H and O–H groups in total. The fraction of sp³-hybridized carbons (Fsp3) is 0.250. The zero-order valence-electron chi connectivity index (χ0n) is 9.61. The van der Waals surface area contributed by atoms with E-state index in [2.05, 4.69) is 4.98 Å². The summed E-state index contributed by atoms with van der Waals surface area (Å²) in [6.07, 6.45) is -1.15. The third-order valence-corrected chi connectivity index (χ3v) is 2.47. The fourth-order valence-electron chi connectivity index (χ4n) is 1.50. The lowest BCUT2D eigenvalue weighted by Gasteiger charge is -2.13. The van der Waals surface area contributed by atoms with Crippen molar-refractivity contribution in [1.29, 1.82) is 0 Å². The molecule has 0 spiro atoms. The van der Waals surface area contributed by atoms with Gasteiger partial charge in [0.25, 0.3) is 0 Å². The SMILES string of the molecule is Cn1ccnc1COc1ccccc1C(F)(F)F. The van der Waals surface area contributed by atoms with E-state index in [4.69, 9.17) is 4.74 Å². The summed E-state index contributed by atoms with van der Waals surface area (Å²) in [6, 6.07) is 5.12. The summed E-state index contributed by atoms with van der Waals surface area (Å²) in [4.78, 5) is 3.98. The molecule has 0 aliphatic rings. The Morgan fingerprint density at radius 1 is 1.28 bits per heavy atom. The van der Waals surface area contributed by atoms with Crippen LogP contribution in [-0.4, -0.2) is 9.55 Å². The predicted octanol–water partition coefficient (Wildman–Crippen LogP) is 3.02. The van der Waals surface area contributed by atoms with E-state index in [1.807, 2.05) is 0 Å². The lowest BCUT2D eigenvalue weighted by atomic mass is 10.2. The van der Waals surface area contributed by atoms with Crippen LogP contribution in [0.4, 0.5) is 13.2 Å². The Hall–Kier alpha value is -1.98. The van der Waals surface area contributed by atoms with Crippen LogP contribution in [0.15, 0.2) is 36.7 Å². The van der Waals surface area contributed by atoms with Crippen molar-refractivity contribution in [2.75, 3.05) is 0 Å². The van der Waals surface area contributed by atoms with Gasteiger partial charge in [-0.15, -0.1) is 0 Å². The second kappa shape index (κ2) is 4.72. The van der Waals surface area contributed by atoms with Crippen molar-refractivity contribution >= 4 is 0 Å². The van der Waals surface area contributed by atoms with Crippen LogP contribution in [0.1, 0.15) is 11.4 Å².